The fourth-order valence-corrected chi connectivity index (χ4v) is 3.09. The Kier molecular flexibility index (Phi) is 3.45. The maximum Gasteiger partial charge on any atom is 0.0908 e. The molecule has 0 radical (unpaired) electrons. The van der Waals surface area contributed by atoms with Crippen LogP contribution < -0.4 is 0 Å². The van der Waals surface area contributed by atoms with Crippen LogP contribution in [-0.2, 0) is 5.60 Å². The third-order valence-corrected chi connectivity index (χ3v) is 4.13. The number of aromatic nitrogens is 1. The van der Waals surface area contributed by atoms with Gasteiger partial charge in [0.1, 0.15) is 0 Å². The Hall–Kier alpha value is -0.670. The summed E-state index contributed by atoms with van der Waals surface area (Å²) in [4.78, 5) is 4.03. The lowest BCUT2D eigenvalue weighted by atomic mass is 9.76. The molecular formula is C12H13IN2O. The first-order valence-electron chi connectivity index (χ1n) is 5.38. The van der Waals surface area contributed by atoms with Crippen LogP contribution in [0.25, 0.3) is 0 Å². The van der Waals surface area contributed by atoms with Gasteiger partial charge in [-0.15, -0.1) is 0 Å². The lowest BCUT2D eigenvalue weighted by Crippen LogP contribution is -2.32. The van der Waals surface area contributed by atoms with Crippen molar-refractivity contribution in [3.8, 4) is 6.07 Å². The van der Waals surface area contributed by atoms with Crippen molar-refractivity contribution in [1.82, 2.24) is 4.98 Å². The van der Waals surface area contributed by atoms with Gasteiger partial charge in [0.05, 0.1) is 11.7 Å². The molecule has 3 nitrogen and oxygen atoms in total. The minimum Gasteiger partial charge on any atom is -0.385 e. The zero-order valence-electron chi connectivity index (χ0n) is 8.86. The first-order chi connectivity index (χ1) is 7.65. The Morgan fingerprint density at radius 3 is 2.75 bits per heavy atom. The molecule has 0 aromatic carbocycles. The molecule has 84 valence electrons. The average Bonchev–Trinajstić information content (AvgIpc) is 2.30. The van der Waals surface area contributed by atoms with Gasteiger partial charge in [-0.25, -0.2) is 0 Å². The Bertz CT molecular complexity index is 419. The Balaban J connectivity index is 2.22. The van der Waals surface area contributed by atoms with Crippen molar-refractivity contribution in [2.45, 2.75) is 31.3 Å². The fraction of sp³-hybridized carbons (Fsp3) is 0.500. The molecule has 1 aliphatic carbocycles. The van der Waals surface area contributed by atoms with Crippen molar-refractivity contribution in [2.75, 3.05) is 0 Å². The van der Waals surface area contributed by atoms with Gasteiger partial charge in [0.25, 0.3) is 0 Å². The molecule has 0 amide bonds. The molecule has 1 heterocycles. The van der Waals surface area contributed by atoms with E-state index in [1.54, 1.807) is 12.4 Å². The molecule has 4 heteroatoms. The van der Waals surface area contributed by atoms with E-state index in [0.29, 0.717) is 12.8 Å². The van der Waals surface area contributed by atoms with Crippen LogP contribution in [-0.4, -0.2) is 10.1 Å². The maximum absolute atomic E-state index is 10.6. The molecule has 1 fully saturated rings. The van der Waals surface area contributed by atoms with Crippen molar-refractivity contribution < 1.29 is 5.11 Å². The molecule has 0 unspecified atom stereocenters. The van der Waals surface area contributed by atoms with E-state index in [2.05, 4.69) is 33.6 Å². The molecule has 1 N–H and O–H groups in total. The smallest absolute Gasteiger partial charge is 0.0908 e. The van der Waals surface area contributed by atoms with E-state index in [1.165, 1.54) is 0 Å². The Morgan fingerprint density at radius 1 is 1.50 bits per heavy atom. The fourth-order valence-electron chi connectivity index (χ4n) is 2.25. The second-order valence-electron chi connectivity index (χ2n) is 4.29. The number of halogens is 1. The van der Waals surface area contributed by atoms with Crippen LogP contribution in [0, 0.1) is 20.8 Å². The summed E-state index contributed by atoms with van der Waals surface area (Å²) in [5, 5.41) is 19.4. The van der Waals surface area contributed by atoms with Gasteiger partial charge in [-0.1, -0.05) is 0 Å². The molecule has 0 saturated heterocycles. The second kappa shape index (κ2) is 4.68. The topological polar surface area (TPSA) is 56.9 Å². The molecule has 0 aliphatic heterocycles. The minimum absolute atomic E-state index is 0.111. The summed E-state index contributed by atoms with van der Waals surface area (Å²) in [6.45, 7) is 0. The standard InChI is InChI=1S/C12H13IN2O/c13-11-8-15-6-3-10(11)12(16)4-1-9(7-14)2-5-12/h3,6,8-9,16H,1-2,4-5H2. The summed E-state index contributed by atoms with van der Waals surface area (Å²) in [6.07, 6.45) is 6.39. The van der Waals surface area contributed by atoms with Gasteiger partial charge in [0.15, 0.2) is 0 Å². The highest BCUT2D eigenvalue weighted by Crippen LogP contribution is 2.40. The Morgan fingerprint density at radius 2 is 2.19 bits per heavy atom. The number of pyridine rings is 1. The lowest BCUT2D eigenvalue weighted by molar-refractivity contribution is -0.00890. The quantitative estimate of drug-likeness (QED) is 0.806. The molecule has 0 bridgehead atoms. The van der Waals surface area contributed by atoms with E-state index < -0.39 is 5.60 Å². The largest absolute Gasteiger partial charge is 0.385 e. The number of nitrogens with zero attached hydrogens (tertiary/aromatic N) is 2. The zero-order valence-corrected chi connectivity index (χ0v) is 11.0. The van der Waals surface area contributed by atoms with Crippen LogP contribution in [0.5, 0.6) is 0 Å². The molecule has 16 heavy (non-hydrogen) atoms. The van der Waals surface area contributed by atoms with Gasteiger partial charge < -0.3 is 5.11 Å². The lowest BCUT2D eigenvalue weighted by Gasteiger charge is -2.34. The SMILES string of the molecule is N#CC1CCC(O)(c2ccncc2I)CC1. The molecule has 1 aromatic rings. The van der Waals surface area contributed by atoms with Crippen LogP contribution in [0.15, 0.2) is 18.5 Å². The summed E-state index contributed by atoms with van der Waals surface area (Å²) in [7, 11) is 0. The summed E-state index contributed by atoms with van der Waals surface area (Å²) in [6, 6.07) is 4.17. The number of hydrogen-bond donors (Lipinski definition) is 1. The molecule has 1 aromatic heterocycles. The predicted octanol–water partition coefficient (Wildman–Crippen LogP) is 2.59. The number of nitriles is 1. The summed E-state index contributed by atoms with van der Waals surface area (Å²) in [5.41, 5.74) is 0.201. The number of aliphatic hydroxyl groups is 1. The van der Waals surface area contributed by atoms with Crippen LogP contribution in [0.1, 0.15) is 31.2 Å². The van der Waals surface area contributed by atoms with Gasteiger partial charge in [0.2, 0.25) is 0 Å². The van der Waals surface area contributed by atoms with E-state index in [0.717, 1.165) is 22.0 Å². The van der Waals surface area contributed by atoms with Gasteiger partial charge in [-0.2, -0.15) is 5.26 Å². The normalized spacial score (nSPS) is 29.7. The number of rotatable bonds is 1. The van der Waals surface area contributed by atoms with Gasteiger partial charge in [-0.05, 0) is 59.9 Å². The van der Waals surface area contributed by atoms with Crippen LogP contribution in [0.4, 0.5) is 0 Å². The van der Waals surface area contributed by atoms with E-state index in [9.17, 15) is 5.11 Å². The summed E-state index contributed by atoms with van der Waals surface area (Å²) < 4.78 is 0.998. The van der Waals surface area contributed by atoms with Crippen LogP contribution in [0.3, 0.4) is 0 Å². The summed E-state index contributed by atoms with van der Waals surface area (Å²) >= 11 is 2.20. The zero-order chi connectivity index (χ0) is 11.6. The van der Waals surface area contributed by atoms with Crippen LogP contribution in [0.2, 0.25) is 0 Å². The van der Waals surface area contributed by atoms with Gasteiger partial charge >= 0.3 is 0 Å². The third kappa shape index (κ3) is 2.20. The van der Waals surface area contributed by atoms with E-state index in [1.807, 2.05) is 6.07 Å². The first kappa shape index (κ1) is 11.8. The van der Waals surface area contributed by atoms with E-state index >= 15 is 0 Å². The maximum atomic E-state index is 10.6. The Labute approximate surface area is 109 Å². The van der Waals surface area contributed by atoms with E-state index in [-0.39, 0.29) is 5.92 Å². The highest BCUT2D eigenvalue weighted by molar-refractivity contribution is 14.1. The average molecular weight is 328 g/mol. The highest BCUT2D eigenvalue weighted by atomic mass is 127. The summed E-state index contributed by atoms with van der Waals surface area (Å²) in [5.74, 6) is 0.111. The molecule has 1 saturated carbocycles. The monoisotopic (exact) mass is 328 g/mol. The number of hydrogen-bond acceptors (Lipinski definition) is 3. The van der Waals surface area contributed by atoms with Crippen LogP contribution >= 0.6 is 22.6 Å². The van der Waals surface area contributed by atoms with E-state index in [4.69, 9.17) is 5.26 Å². The molecule has 1 aliphatic rings. The second-order valence-corrected chi connectivity index (χ2v) is 5.45. The molecule has 2 rings (SSSR count). The van der Waals surface area contributed by atoms with Crippen molar-refractivity contribution in [1.29, 1.82) is 5.26 Å². The van der Waals surface area contributed by atoms with Crippen molar-refractivity contribution in [2.24, 2.45) is 5.92 Å². The first-order valence-corrected chi connectivity index (χ1v) is 6.45. The van der Waals surface area contributed by atoms with Gasteiger partial charge in [-0.3, -0.25) is 4.98 Å². The predicted molar refractivity (Wildman–Crippen MR) is 68.4 cm³/mol. The highest BCUT2D eigenvalue weighted by Gasteiger charge is 2.35. The van der Waals surface area contributed by atoms with Crippen molar-refractivity contribution in [3.63, 3.8) is 0 Å². The third-order valence-electron chi connectivity index (χ3n) is 3.27. The molecule has 0 atom stereocenters. The molecule has 0 spiro atoms. The van der Waals surface area contributed by atoms with Crippen molar-refractivity contribution in [3.05, 3.63) is 27.6 Å². The molecular weight excluding hydrogens is 315 g/mol. The minimum atomic E-state index is -0.757. The van der Waals surface area contributed by atoms with Gasteiger partial charge in [0, 0.05) is 21.9 Å². The van der Waals surface area contributed by atoms with Crippen molar-refractivity contribution >= 4 is 22.6 Å².